The predicted octanol–water partition coefficient (Wildman–Crippen LogP) is 2.23. The summed E-state index contributed by atoms with van der Waals surface area (Å²) in [5, 5.41) is 8.79. The molecular formula is C16H20N4O2S. The third-order valence-electron chi connectivity index (χ3n) is 3.66. The maximum atomic E-state index is 11.8. The van der Waals surface area contributed by atoms with Gasteiger partial charge < -0.3 is 15.4 Å². The Kier molecular flexibility index (Phi) is 5.55. The van der Waals surface area contributed by atoms with E-state index in [4.69, 9.17) is 4.74 Å². The van der Waals surface area contributed by atoms with Gasteiger partial charge >= 0.3 is 6.03 Å². The molecule has 2 aromatic heterocycles. The number of amides is 2. The highest BCUT2D eigenvalue weighted by molar-refractivity contribution is 7.13. The summed E-state index contributed by atoms with van der Waals surface area (Å²) in [4.78, 5) is 20.7. The van der Waals surface area contributed by atoms with Gasteiger partial charge in [-0.25, -0.2) is 9.78 Å². The predicted molar refractivity (Wildman–Crippen MR) is 89.4 cm³/mol. The van der Waals surface area contributed by atoms with Gasteiger partial charge in [0.25, 0.3) is 0 Å². The number of urea groups is 1. The molecule has 2 amide bonds. The molecule has 2 N–H and O–H groups in total. The molecule has 1 fully saturated rings. The van der Waals surface area contributed by atoms with Gasteiger partial charge in [-0.15, -0.1) is 11.3 Å². The van der Waals surface area contributed by atoms with Crippen LogP contribution in [-0.2, 0) is 11.2 Å². The summed E-state index contributed by atoms with van der Waals surface area (Å²) in [7, 11) is 0. The number of rotatable bonds is 5. The van der Waals surface area contributed by atoms with Gasteiger partial charge in [0.2, 0.25) is 0 Å². The molecule has 0 aliphatic carbocycles. The van der Waals surface area contributed by atoms with Crippen molar-refractivity contribution in [2.75, 3.05) is 19.8 Å². The number of carbonyl (C=O) groups is 1. The van der Waals surface area contributed by atoms with Gasteiger partial charge in [0, 0.05) is 43.8 Å². The van der Waals surface area contributed by atoms with Crippen molar-refractivity contribution < 1.29 is 9.53 Å². The summed E-state index contributed by atoms with van der Waals surface area (Å²) in [5.41, 5.74) is 1.86. The molecular weight excluding hydrogens is 312 g/mol. The van der Waals surface area contributed by atoms with Crippen LogP contribution in [0.15, 0.2) is 29.8 Å². The molecule has 3 heterocycles. The smallest absolute Gasteiger partial charge is 0.315 e. The number of hydrogen-bond donors (Lipinski definition) is 2. The quantitative estimate of drug-likeness (QED) is 0.880. The van der Waals surface area contributed by atoms with E-state index in [0.29, 0.717) is 13.0 Å². The van der Waals surface area contributed by atoms with Gasteiger partial charge in [0.05, 0.1) is 11.4 Å². The van der Waals surface area contributed by atoms with Crippen LogP contribution in [0.1, 0.15) is 18.5 Å². The number of thiazole rings is 1. The van der Waals surface area contributed by atoms with E-state index in [1.165, 1.54) is 0 Å². The highest BCUT2D eigenvalue weighted by Gasteiger charge is 2.15. The van der Waals surface area contributed by atoms with Gasteiger partial charge in [-0.2, -0.15) is 0 Å². The Morgan fingerprint density at radius 1 is 1.35 bits per heavy atom. The van der Waals surface area contributed by atoms with Crippen molar-refractivity contribution in [1.29, 1.82) is 0 Å². The van der Waals surface area contributed by atoms with Gasteiger partial charge in [0.15, 0.2) is 0 Å². The van der Waals surface area contributed by atoms with Crippen LogP contribution >= 0.6 is 11.3 Å². The molecule has 0 spiro atoms. The van der Waals surface area contributed by atoms with E-state index >= 15 is 0 Å². The largest absolute Gasteiger partial charge is 0.381 e. The highest BCUT2D eigenvalue weighted by Crippen LogP contribution is 2.21. The van der Waals surface area contributed by atoms with E-state index in [9.17, 15) is 4.79 Å². The molecule has 2 aromatic rings. The molecule has 0 atom stereocenters. The van der Waals surface area contributed by atoms with Crippen LogP contribution in [0.3, 0.4) is 0 Å². The maximum Gasteiger partial charge on any atom is 0.315 e. The lowest BCUT2D eigenvalue weighted by atomic mass is 10.1. The van der Waals surface area contributed by atoms with Gasteiger partial charge in [-0.05, 0) is 25.0 Å². The van der Waals surface area contributed by atoms with Crippen molar-refractivity contribution in [3.63, 3.8) is 0 Å². The summed E-state index contributed by atoms with van der Waals surface area (Å²) in [6.07, 6.45) is 4.24. The zero-order valence-electron chi connectivity index (χ0n) is 12.8. The Hall–Kier alpha value is -1.99. The van der Waals surface area contributed by atoms with Crippen LogP contribution in [0.5, 0.6) is 0 Å². The first-order valence-corrected chi connectivity index (χ1v) is 8.67. The normalized spacial score (nSPS) is 15.3. The zero-order valence-corrected chi connectivity index (χ0v) is 13.6. The third-order valence-corrected chi connectivity index (χ3v) is 4.57. The third kappa shape index (κ3) is 4.74. The average molecular weight is 332 g/mol. The SMILES string of the molecule is O=C(NCCc1csc(-c2ccccn2)n1)NC1CCOCC1. The summed E-state index contributed by atoms with van der Waals surface area (Å²) in [5.74, 6) is 0. The van der Waals surface area contributed by atoms with E-state index < -0.39 is 0 Å². The first-order valence-electron chi connectivity index (χ1n) is 7.79. The fourth-order valence-corrected chi connectivity index (χ4v) is 3.24. The summed E-state index contributed by atoms with van der Waals surface area (Å²) in [6, 6.07) is 5.89. The van der Waals surface area contributed by atoms with Crippen molar-refractivity contribution in [3.05, 3.63) is 35.5 Å². The number of pyridine rings is 1. The topological polar surface area (TPSA) is 76.1 Å². The van der Waals surface area contributed by atoms with Crippen molar-refractivity contribution in [2.24, 2.45) is 0 Å². The molecule has 0 aromatic carbocycles. The number of carbonyl (C=O) groups excluding carboxylic acids is 1. The Morgan fingerprint density at radius 3 is 3.00 bits per heavy atom. The molecule has 23 heavy (non-hydrogen) atoms. The second kappa shape index (κ2) is 8.03. The molecule has 1 aliphatic heterocycles. The molecule has 1 saturated heterocycles. The van der Waals surface area contributed by atoms with Crippen molar-refractivity contribution in [2.45, 2.75) is 25.3 Å². The maximum absolute atomic E-state index is 11.8. The fraction of sp³-hybridized carbons (Fsp3) is 0.438. The van der Waals surface area contributed by atoms with Crippen molar-refractivity contribution in [3.8, 4) is 10.7 Å². The summed E-state index contributed by atoms with van der Waals surface area (Å²) in [6.45, 7) is 2.01. The van der Waals surface area contributed by atoms with Crippen LogP contribution in [0.25, 0.3) is 10.7 Å². The lowest BCUT2D eigenvalue weighted by Crippen LogP contribution is -2.44. The van der Waals surface area contributed by atoms with Gasteiger partial charge in [0.1, 0.15) is 5.01 Å². The molecule has 122 valence electrons. The Balaban J connectivity index is 1.42. The Labute approximate surface area is 139 Å². The summed E-state index contributed by atoms with van der Waals surface area (Å²) >= 11 is 1.57. The minimum atomic E-state index is -0.114. The lowest BCUT2D eigenvalue weighted by molar-refractivity contribution is 0.0801. The summed E-state index contributed by atoms with van der Waals surface area (Å²) < 4.78 is 5.28. The Bertz CT molecular complexity index is 626. The number of hydrogen-bond acceptors (Lipinski definition) is 5. The van der Waals surface area contributed by atoms with Crippen LogP contribution in [0.4, 0.5) is 4.79 Å². The first-order chi connectivity index (χ1) is 11.3. The van der Waals surface area contributed by atoms with Gasteiger partial charge in [-0.1, -0.05) is 6.07 Å². The average Bonchev–Trinajstić information content (AvgIpc) is 3.05. The molecule has 0 unspecified atom stereocenters. The van der Waals surface area contributed by atoms with Crippen LogP contribution in [0.2, 0.25) is 0 Å². The lowest BCUT2D eigenvalue weighted by Gasteiger charge is -2.23. The molecule has 3 rings (SSSR count). The van der Waals surface area contributed by atoms with E-state index in [1.54, 1.807) is 17.5 Å². The van der Waals surface area contributed by atoms with Crippen LogP contribution in [-0.4, -0.2) is 41.8 Å². The second-order valence-corrected chi connectivity index (χ2v) is 6.25. The Morgan fingerprint density at radius 2 is 2.22 bits per heavy atom. The van der Waals surface area contributed by atoms with Crippen molar-refractivity contribution in [1.82, 2.24) is 20.6 Å². The second-order valence-electron chi connectivity index (χ2n) is 5.40. The fourth-order valence-electron chi connectivity index (χ4n) is 2.41. The first kappa shape index (κ1) is 15.9. The number of nitrogens with one attached hydrogen (secondary N) is 2. The van der Waals surface area contributed by atoms with Crippen LogP contribution in [0, 0.1) is 0 Å². The standard InChI is InChI=1S/C16H20N4O2S/c21-16(20-12-5-9-22-10-6-12)18-8-4-13-11-23-15(19-13)14-3-1-2-7-17-14/h1-3,7,11-12H,4-6,8-10H2,(H2,18,20,21). The molecule has 6 nitrogen and oxygen atoms in total. The van der Waals surface area contributed by atoms with E-state index in [2.05, 4.69) is 20.6 Å². The minimum Gasteiger partial charge on any atom is -0.381 e. The molecule has 7 heteroatoms. The number of aromatic nitrogens is 2. The molecule has 0 bridgehead atoms. The number of nitrogens with zero attached hydrogens (tertiary/aromatic N) is 2. The molecule has 1 aliphatic rings. The van der Waals surface area contributed by atoms with E-state index in [0.717, 1.165) is 42.5 Å². The van der Waals surface area contributed by atoms with Crippen molar-refractivity contribution >= 4 is 17.4 Å². The molecule has 0 saturated carbocycles. The number of ether oxygens (including phenoxy) is 1. The highest BCUT2D eigenvalue weighted by atomic mass is 32.1. The van der Waals surface area contributed by atoms with Gasteiger partial charge in [-0.3, -0.25) is 4.98 Å². The monoisotopic (exact) mass is 332 g/mol. The van der Waals surface area contributed by atoms with E-state index in [1.807, 2.05) is 23.6 Å². The minimum absolute atomic E-state index is 0.114. The van der Waals surface area contributed by atoms with E-state index in [-0.39, 0.29) is 12.1 Å². The zero-order chi connectivity index (χ0) is 15.9. The van der Waals surface area contributed by atoms with Crippen LogP contribution < -0.4 is 10.6 Å². The molecule has 0 radical (unpaired) electrons.